The number of imidazole rings is 1. The summed E-state index contributed by atoms with van der Waals surface area (Å²) in [5.74, 6) is -0.0120. The van der Waals surface area contributed by atoms with Gasteiger partial charge in [-0.1, -0.05) is 12.1 Å². The van der Waals surface area contributed by atoms with Crippen LogP contribution >= 0.6 is 0 Å². The van der Waals surface area contributed by atoms with Crippen molar-refractivity contribution in [3.8, 4) is 40.0 Å². The van der Waals surface area contributed by atoms with Crippen LogP contribution in [0.25, 0.3) is 34.0 Å². The lowest BCUT2D eigenvalue weighted by Gasteiger charge is -2.10. The molecule has 0 atom stereocenters. The molecular weight excluding hydrogens is 397 g/mol. The minimum absolute atomic E-state index is 0.184. The third kappa shape index (κ3) is 4.24. The number of methoxy groups -OCH3 is 1. The SMILES string of the molecule is COc1nccc(-c2[nH]c(-c3ccc(CN(C)C)cc3)[n+]([O-])c2-c2ccc(F)cc2)n1. The summed E-state index contributed by atoms with van der Waals surface area (Å²) in [6, 6.07) is 15.4. The van der Waals surface area contributed by atoms with Crippen molar-refractivity contribution in [3.63, 3.8) is 0 Å². The van der Waals surface area contributed by atoms with Gasteiger partial charge in [0.15, 0.2) is 11.4 Å². The summed E-state index contributed by atoms with van der Waals surface area (Å²) in [4.78, 5) is 13.7. The average Bonchev–Trinajstić information content (AvgIpc) is 3.11. The quantitative estimate of drug-likeness (QED) is 0.381. The summed E-state index contributed by atoms with van der Waals surface area (Å²) in [7, 11) is 5.48. The fourth-order valence-electron chi connectivity index (χ4n) is 3.40. The minimum atomic E-state index is -0.376. The molecule has 0 aliphatic carbocycles. The molecule has 2 heterocycles. The number of nitrogens with one attached hydrogen (secondary N) is 1. The second kappa shape index (κ2) is 8.53. The van der Waals surface area contributed by atoms with E-state index in [0.717, 1.165) is 22.4 Å². The maximum absolute atomic E-state index is 13.5. The molecule has 0 radical (unpaired) electrons. The fraction of sp³-hybridized carbons (Fsp3) is 0.174. The highest BCUT2D eigenvalue weighted by atomic mass is 19.1. The molecule has 2 aromatic heterocycles. The van der Waals surface area contributed by atoms with E-state index in [-0.39, 0.29) is 11.8 Å². The number of hydrogen-bond donors (Lipinski definition) is 1. The van der Waals surface area contributed by atoms with E-state index >= 15 is 0 Å². The molecule has 0 spiro atoms. The van der Waals surface area contributed by atoms with Gasteiger partial charge in [0.2, 0.25) is 0 Å². The lowest BCUT2D eigenvalue weighted by atomic mass is 10.1. The Balaban J connectivity index is 1.86. The third-order valence-corrected chi connectivity index (χ3v) is 4.80. The first-order chi connectivity index (χ1) is 15.0. The van der Waals surface area contributed by atoms with Gasteiger partial charge in [-0.25, -0.2) is 19.1 Å². The molecule has 0 saturated heterocycles. The van der Waals surface area contributed by atoms with Crippen LogP contribution in [-0.4, -0.2) is 41.1 Å². The van der Waals surface area contributed by atoms with Crippen molar-refractivity contribution in [1.82, 2.24) is 19.9 Å². The molecule has 0 aliphatic rings. The predicted molar refractivity (Wildman–Crippen MR) is 116 cm³/mol. The van der Waals surface area contributed by atoms with E-state index in [2.05, 4.69) is 19.9 Å². The Morgan fingerprint density at radius 1 is 1.03 bits per heavy atom. The van der Waals surface area contributed by atoms with E-state index in [1.807, 2.05) is 38.4 Å². The van der Waals surface area contributed by atoms with Gasteiger partial charge in [0.1, 0.15) is 11.5 Å². The Morgan fingerprint density at radius 3 is 2.35 bits per heavy atom. The van der Waals surface area contributed by atoms with Crippen molar-refractivity contribution in [2.45, 2.75) is 6.54 Å². The monoisotopic (exact) mass is 419 g/mol. The fourth-order valence-corrected chi connectivity index (χ4v) is 3.40. The normalized spacial score (nSPS) is 11.1. The van der Waals surface area contributed by atoms with E-state index in [1.54, 1.807) is 24.4 Å². The number of aromatic amines is 1. The number of H-pyrrole nitrogens is 1. The van der Waals surface area contributed by atoms with Crippen LogP contribution in [0.5, 0.6) is 6.01 Å². The lowest BCUT2D eigenvalue weighted by molar-refractivity contribution is -0.580. The van der Waals surface area contributed by atoms with Crippen molar-refractivity contribution < 1.29 is 13.9 Å². The van der Waals surface area contributed by atoms with Crippen LogP contribution in [0, 0.1) is 11.0 Å². The molecule has 8 heteroatoms. The standard InChI is InChI=1S/C23H22FN5O2/c1-28(2)14-15-4-6-17(7-5-15)22-27-20(19-12-13-25-23(26-19)31-3)21(29(22)30)16-8-10-18(24)11-9-16/h4-13,27H,14H2,1-3H3. The second-order valence-corrected chi connectivity index (χ2v) is 7.36. The number of rotatable bonds is 6. The molecule has 0 aliphatic heterocycles. The molecule has 7 nitrogen and oxygen atoms in total. The van der Waals surface area contributed by atoms with Crippen molar-refractivity contribution in [3.05, 3.63) is 77.4 Å². The Bertz CT molecular complexity index is 1190. The number of benzene rings is 2. The molecule has 1 N–H and O–H groups in total. The van der Waals surface area contributed by atoms with Crippen LogP contribution in [-0.2, 0) is 6.54 Å². The van der Waals surface area contributed by atoms with E-state index in [4.69, 9.17) is 4.74 Å². The molecule has 31 heavy (non-hydrogen) atoms. The van der Waals surface area contributed by atoms with Gasteiger partial charge in [-0.05, 0) is 62.1 Å². The smallest absolute Gasteiger partial charge is 0.316 e. The largest absolute Gasteiger partial charge is 0.710 e. The van der Waals surface area contributed by atoms with E-state index in [1.165, 1.54) is 19.2 Å². The molecule has 0 fully saturated rings. The predicted octanol–water partition coefficient (Wildman–Crippen LogP) is 3.65. The Morgan fingerprint density at radius 2 is 1.71 bits per heavy atom. The molecule has 0 saturated carbocycles. The van der Waals surface area contributed by atoms with Gasteiger partial charge in [-0.3, -0.25) is 0 Å². The first-order valence-corrected chi connectivity index (χ1v) is 9.69. The van der Waals surface area contributed by atoms with Gasteiger partial charge in [0, 0.05) is 18.3 Å². The van der Waals surface area contributed by atoms with Gasteiger partial charge < -0.3 is 14.8 Å². The van der Waals surface area contributed by atoms with Crippen molar-refractivity contribution in [2.75, 3.05) is 21.2 Å². The molecule has 2 aromatic carbocycles. The van der Waals surface area contributed by atoms with Crippen LogP contribution in [0.3, 0.4) is 0 Å². The summed E-state index contributed by atoms with van der Waals surface area (Å²) in [5, 5.41) is 13.4. The summed E-state index contributed by atoms with van der Waals surface area (Å²) >= 11 is 0. The zero-order chi connectivity index (χ0) is 22.0. The van der Waals surface area contributed by atoms with Crippen LogP contribution in [0.4, 0.5) is 4.39 Å². The summed E-state index contributed by atoms with van der Waals surface area (Å²) in [6.07, 6.45) is 1.56. The van der Waals surface area contributed by atoms with Crippen LogP contribution in [0.15, 0.2) is 60.8 Å². The van der Waals surface area contributed by atoms with Gasteiger partial charge in [-0.15, -0.1) is 0 Å². The maximum Gasteiger partial charge on any atom is 0.316 e. The van der Waals surface area contributed by atoms with Crippen LogP contribution in [0.1, 0.15) is 5.56 Å². The minimum Gasteiger partial charge on any atom is -0.710 e. The van der Waals surface area contributed by atoms with Gasteiger partial charge >= 0.3 is 6.01 Å². The maximum atomic E-state index is 13.5. The average molecular weight is 419 g/mol. The Hall–Kier alpha value is -3.78. The number of halogens is 1. The molecule has 0 bridgehead atoms. The summed E-state index contributed by atoms with van der Waals surface area (Å²) in [6.45, 7) is 0.801. The number of aromatic nitrogens is 4. The van der Waals surface area contributed by atoms with Crippen molar-refractivity contribution in [2.24, 2.45) is 0 Å². The van der Waals surface area contributed by atoms with Crippen LogP contribution in [0.2, 0.25) is 0 Å². The highest BCUT2D eigenvalue weighted by molar-refractivity contribution is 5.76. The number of nitrogens with zero attached hydrogens (tertiary/aromatic N) is 4. The molecule has 4 aromatic rings. The van der Waals surface area contributed by atoms with E-state index in [0.29, 0.717) is 28.5 Å². The Kier molecular flexibility index (Phi) is 5.64. The van der Waals surface area contributed by atoms with Gasteiger partial charge in [0.25, 0.3) is 5.82 Å². The third-order valence-electron chi connectivity index (χ3n) is 4.80. The summed E-state index contributed by atoms with van der Waals surface area (Å²) in [5.41, 5.74) is 3.76. The highest BCUT2D eigenvalue weighted by Gasteiger charge is 2.26. The summed E-state index contributed by atoms with van der Waals surface area (Å²) < 4.78 is 19.4. The topological polar surface area (TPSA) is 81.0 Å². The van der Waals surface area contributed by atoms with Gasteiger partial charge in [0.05, 0.1) is 12.7 Å². The zero-order valence-electron chi connectivity index (χ0n) is 17.5. The van der Waals surface area contributed by atoms with E-state index < -0.39 is 0 Å². The molecule has 0 unspecified atom stereocenters. The van der Waals surface area contributed by atoms with Crippen LogP contribution < -0.4 is 9.47 Å². The molecule has 4 rings (SSSR count). The number of hydrogen-bond acceptors (Lipinski definition) is 5. The molecule has 158 valence electrons. The zero-order valence-corrected chi connectivity index (χ0v) is 17.5. The van der Waals surface area contributed by atoms with Crippen molar-refractivity contribution in [1.29, 1.82) is 0 Å². The second-order valence-electron chi connectivity index (χ2n) is 7.36. The lowest BCUT2D eigenvalue weighted by Crippen LogP contribution is -2.29. The molecule has 0 amide bonds. The number of ether oxygens (including phenoxy) is 1. The molecular formula is C23H22FN5O2. The van der Waals surface area contributed by atoms with E-state index in [9.17, 15) is 9.60 Å². The van der Waals surface area contributed by atoms with Crippen molar-refractivity contribution >= 4 is 0 Å². The Labute approximate surface area is 179 Å². The first kappa shape index (κ1) is 20.5. The van der Waals surface area contributed by atoms with Gasteiger partial charge in [-0.2, -0.15) is 4.98 Å². The first-order valence-electron chi connectivity index (χ1n) is 9.69. The highest BCUT2D eigenvalue weighted by Crippen LogP contribution is 2.31.